The molecular weight excluding hydrogens is 155 g/mol. The van der Waals surface area contributed by atoms with Crippen LogP contribution in [-0.4, -0.2) is 22.3 Å². The van der Waals surface area contributed by atoms with Gasteiger partial charge in [0.1, 0.15) is 5.75 Å². The van der Waals surface area contributed by atoms with Gasteiger partial charge in [-0.25, -0.2) is 0 Å². The van der Waals surface area contributed by atoms with Gasteiger partial charge in [0.15, 0.2) is 0 Å². The number of hydrogen-bond donors (Lipinski definition) is 3. The standard InChI is InChI=1S/C8H11BO3/c1-2-6-5-7(9(11)12)3-4-8(6)10/h3-5,10-12H,2H2,1H3. The Morgan fingerprint density at radius 1 is 1.33 bits per heavy atom. The Bertz CT molecular complexity index is 273. The SMILES string of the molecule is CCc1cc(B(O)O)ccc1O. The summed E-state index contributed by atoms with van der Waals surface area (Å²) in [5.41, 5.74) is 1.13. The van der Waals surface area contributed by atoms with E-state index in [9.17, 15) is 5.11 Å². The summed E-state index contributed by atoms with van der Waals surface area (Å²) in [5.74, 6) is 0.196. The van der Waals surface area contributed by atoms with Crippen molar-refractivity contribution in [3.8, 4) is 5.75 Å². The molecule has 64 valence electrons. The van der Waals surface area contributed by atoms with Crippen molar-refractivity contribution in [2.75, 3.05) is 0 Å². The van der Waals surface area contributed by atoms with Gasteiger partial charge in [-0.05, 0) is 23.5 Å². The van der Waals surface area contributed by atoms with Crippen molar-refractivity contribution in [3.63, 3.8) is 0 Å². The number of phenolic OH excluding ortho intramolecular Hbond substituents is 1. The van der Waals surface area contributed by atoms with E-state index in [0.717, 1.165) is 5.56 Å². The van der Waals surface area contributed by atoms with Gasteiger partial charge in [0.25, 0.3) is 0 Å². The molecule has 0 radical (unpaired) electrons. The number of hydrogen-bond acceptors (Lipinski definition) is 3. The van der Waals surface area contributed by atoms with Gasteiger partial charge in [0, 0.05) is 0 Å². The largest absolute Gasteiger partial charge is 0.508 e. The normalized spacial score (nSPS) is 9.92. The molecule has 0 unspecified atom stereocenters. The molecule has 12 heavy (non-hydrogen) atoms. The number of benzene rings is 1. The Balaban J connectivity index is 3.05. The van der Waals surface area contributed by atoms with Crippen LogP contribution in [0, 0.1) is 0 Å². The predicted molar refractivity (Wildman–Crippen MR) is 47.3 cm³/mol. The Hall–Kier alpha value is -0.995. The zero-order valence-corrected chi connectivity index (χ0v) is 6.86. The lowest BCUT2D eigenvalue weighted by Gasteiger charge is -2.04. The van der Waals surface area contributed by atoms with E-state index in [0.29, 0.717) is 11.9 Å². The second-order valence-corrected chi connectivity index (χ2v) is 2.62. The van der Waals surface area contributed by atoms with Gasteiger partial charge in [0.2, 0.25) is 0 Å². The molecule has 4 heteroatoms. The predicted octanol–water partition coefficient (Wildman–Crippen LogP) is -0.366. The lowest BCUT2D eigenvalue weighted by molar-refractivity contribution is 0.425. The summed E-state index contributed by atoms with van der Waals surface area (Å²) < 4.78 is 0. The van der Waals surface area contributed by atoms with Crippen LogP contribution in [0.1, 0.15) is 12.5 Å². The summed E-state index contributed by atoms with van der Waals surface area (Å²) in [5, 5.41) is 26.9. The maximum Gasteiger partial charge on any atom is 0.488 e. The lowest BCUT2D eigenvalue weighted by Crippen LogP contribution is -2.29. The van der Waals surface area contributed by atoms with Crippen molar-refractivity contribution in [1.29, 1.82) is 0 Å². The van der Waals surface area contributed by atoms with Crippen LogP contribution >= 0.6 is 0 Å². The summed E-state index contributed by atoms with van der Waals surface area (Å²) in [7, 11) is -1.46. The van der Waals surface area contributed by atoms with Gasteiger partial charge in [-0.2, -0.15) is 0 Å². The summed E-state index contributed by atoms with van der Waals surface area (Å²) in [6.45, 7) is 1.89. The fourth-order valence-corrected chi connectivity index (χ4v) is 1.05. The third kappa shape index (κ3) is 1.78. The Kier molecular flexibility index (Phi) is 2.73. The average Bonchev–Trinajstić information content (AvgIpc) is 2.05. The van der Waals surface area contributed by atoms with E-state index in [1.54, 1.807) is 6.07 Å². The van der Waals surface area contributed by atoms with Gasteiger partial charge in [0.05, 0.1) is 0 Å². The van der Waals surface area contributed by atoms with Crippen molar-refractivity contribution in [3.05, 3.63) is 23.8 Å². The van der Waals surface area contributed by atoms with Crippen LogP contribution in [0.4, 0.5) is 0 Å². The molecule has 1 aromatic rings. The van der Waals surface area contributed by atoms with Crippen LogP contribution in [0.5, 0.6) is 5.75 Å². The minimum Gasteiger partial charge on any atom is -0.508 e. The molecule has 0 fully saturated rings. The maximum absolute atomic E-state index is 9.25. The Morgan fingerprint density at radius 2 is 2.00 bits per heavy atom. The molecule has 0 atom stereocenters. The van der Waals surface area contributed by atoms with Gasteiger partial charge < -0.3 is 15.2 Å². The summed E-state index contributed by atoms with van der Waals surface area (Å²) >= 11 is 0. The minimum absolute atomic E-state index is 0.196. The molecule has 0 aliphatic carbocycles. The van der Waals surface area contributed by atoms with Crippen molar-refractivity contribution in [2.24, 2.45) is 0 Å². The molecule has 0 aliphatic heterocycles. The fraction of sp³-hybridized carbons (Fsp3) is 0.250. The van der Waals surface area contributed by atoms with Gasteiger partial charge in [-0.1, -0.05) is 19.1 Å². The van der Waals surface area contributed by atoms with Crippen LogP contribution in [-0.2, 0) is 6.42 Å². The summed E-state index contributed by atoms with van der Waals surface area (Å²) in [6.07, 6.45) is 0.673. The Labute approximate surface area is 71.4 Å². The highest BCUT2D eigenvalue weighted by Crippen LogP contribution is 2.14. The minimum atomic E-state index is -1.46. The van der Waals surface area contributed by atoms with E-state index < -0.39 is 7.12 Å². The van der Waals surface area contributed by atoms with Crippen LogP contribution in [0.15, 0.2) is 18.2 Å². The quantitative estimate of drug-likeness (QED) is 0.525. The average molecular weight is 166 g/mol. The smallest absolute Gasteiger partial charge is 0.488 e. The molecular formula is C8H11BO3. The molecule has 3 N–H and O–H groups in total. The zero-order valence-electron chi connectivity index (χ0n) is 6.86. The molecule has 0 saturated carbocycles. The second-order valence-electron chi connectivity index (χ2n) is 2.62. The number of rotatable bonds is 2. The van der Waals surface area contributed by atoms with Crippen LogP contribution in [0.25, 0.3) is 0 Å². The van der Waals surface area contributed by atoms with E-state index >= 15 is 0 Å². The van der Waals surface area contributed by atoms with E-state index in [1.807, 2.05) is 6.92 Å². The zero-order chi connectivity index (χ0) is 9.14. The molecule has 0 spiro atoms. The summed E-state index contributed by atoms with van der Waals surface area (Å²) in [6, 6.07) is 4.53. The molecule has 0 aromatic heterocycles. The Morgan fingerprint density at radius 3 is 2.50 bits per heavy atom. The number of aromatic hydroxyl groups is 1. The van der Waals surface area contributed by atoms with Crippen molar-refractivity contribution >= 4 is 12.6 Å². The van der Waals surface area contributed by atoms with Gasteiger partial charge >= 0.3 is 7.12 Å². The first kappa shape index (κ1) is 9.10. The highest BCUT2D eigenvalue weighted by atomic mass is 16.4. The number of phenols is 1. The van der Waals surface area contributed by atoms with Crippen molar-refractivity contribution < 1.29 is 15.2 Å². The van der Waals surface area contributed by atoms with Gasteiger partial charge in [-0.3, -0.25) is 0 Å². The fourth-order valence-electron chi connectivity index (χ4n) is 1.05. The van der Waals surface area contributed by atoms with E-state index in [1.165, 1.54) is 12.1 Å². The highest BCUT2D eigenvalue weighted by molar-refractivity contribution is 6.58. The third-order valence-corrected chi connectivity index (χ3v) is 1.78. The van der Waals surface area contributed by atoms with Crippen LogP contribution in [0.2, 0.25) is 0 Å². The van der Waals surface area contributed by atoms with Crippen molar-refractivity contribution in [2.45, 2.75) is 13.3 Å². The first-order valence-electron chi connectivity index (χ1n) is 3.83. The molecule has 0 amide bonds. The van der Waals surface area contributed by atoms with E-state index in [2.05, 4.69) is 0 Å². The molecule has 1 rings (SSSR count). The second kappa shape index (κ2) is 3.60. The molecule has 0 aliphatic rings. The van der Waals surface area contributed by atoms with E-state index in [4.69, 9.17) is 10.0 Å². The molecule has 3 nitrogen and oxygen atoms in total. The van der Waals surface area contributed by atoms with Gasteiger partial charge in [-0.15, -0.1) is 0 Å². The molecule has 0 bridgehead atoms. The number of aryl methyl sites for hydroxylation is 1. The van der Waals surface area contributed by atoms with E-state index in [-0.39, 0.29) is 5.75 Å². The topological polar surface area (TPSA) is 60.7 Å². The first-order valence-corrected chi connectivity index (χ1v) is 3.83. The van der Waals surface area contributed by atoms with Crippen LogP contribution < -0.4 is 5.46 Å². The van der Waals surface area contributed by atoms with Crippen molar-refractivity contribution in [1.82, 2.24) is 0 Å². The molecule has 0 saturated heterocycles. The van der Waals surface area contributed by atoms with Crippen LogP contribution in [0.3, 0.4) is 0 Å². The monoisotopic (exact) mass is 166 g/mol. The molecule has 0 heterocycles. The highest BCUT2D eigenvalue weighted by Gasteiger charge is 2.11. The molecule has 1 aromatic carbocycles. The first-order chi connectivity index (χ1) is 5.65. The maximum atomic E-state index is 9.25. The third-order valence-electron chi connectivity index (χ3n) is 1.78. The lowest BCUT2D eigenvalue weighted by atomic mass is 9.79. The summed E-state index contributed by atoms with van der Waals surface area (Å²) in [4.78, 5) is 0.